The number of rotatable bonds is 5. The Balaban J connectivity index is 1.99. The number of aliphatic hydroxyl groups excluding tert-OH is 3. The van der Waals surface area contributed by atoms with Gasteiger partial charge in [0, 0.05) is 6.42 Å². The molecule has 0 bridgehead atoms. The second-order valence-electron chi connectivity index (χ2n) is 5.27. The van der Waals surface area contributed by atoms with Crippen molar-refractivity contribution in [3.8, 4) is 0 Å². The van der Waals surface area contributed by atoms with Gasteiger partial charge in [-0.25, -0.2) is 0 Å². The van der Waals surface area contributed by atoms with E-state index < -0.39 is 36.2 Å². The van der Waals surface area contributed by atoms with Crippen molar-refractivity contribution in [3.05, 3.63) is 42.3 Å². The Labute approximate surface area is 128 Å². The third kappa shape index (κ3) is 3.44. The lowest BCUT2D eigenvalue weighted by Crippen LogP contribution is -2.51. The van der Waals surface area contributed by atoms with Gasteiger partial charge in [-0.2, -0.15) is 0 Å². The smallest absolute Gasteiger partial charge is 0.252 e. The summed E-state index contributed by atoms with van der Waals surface area (Å²) in [4.78, 5) is 24.4. The third-order valence-electron chi connectivity index (χ3n) is 3.68. The molecule has 0 spiro atoms. The molecule has 7 nitrogen and oxygen atoms in total. The van der Waals surface area contributed by atoms with Crippen LogP contribution in [0.4, 0.5) is 0 Å². The molecule has 1 radical (unpaired) electrons. The topological polar surface area (TPSA) is 124 Å². The van der Waals surface area contributed by atoms with E-state index in [4.69, 9.17) is 5.73 Å². The van der Waals surface area contributed by atoms with Crippen molar-refractivity contribution in [2.24, 2.45) is 5.73 Å². The van der Waals surface area contributed by atoms with Crippen LogP contribution in [0.25, 0.3) is 0 Å². The number of likely N-dealkylation sites (tertiary alicyclic amines) is 1. The van der Waals surface area contributed by atoms with Crippen molar-refractivity contribution >= 4 is 11.8 Å². The van der Waals surface area contributed by atoms with Crippen molar-refractivity contribution in [1.82, 2.24) is 4.90 Å². The first-order chi connectivity index (χ1) is 10.4. The average Bonchev–Trinajstić information content (AvgIpc) is 2.80. The molecule has 2 rings (SSSR count). The fourth-order valence-corrected chi connectivity index (χ4v) is 2.50. The van der Waals surface area contributed by atoms with Gasteiger partial charge < -0.3 is 26.0 Å². The number of nitrogens with two attached hydrogens (primary N) is 1. The van der Waals surface area contributed by atoms with Crippen LogP contribution in [0.3, 0.4) is 0 Å². The largest absolute Gasteiger partial charge is 0.388 e. The lowest BCUT2D eigenvalue weighted by molar-refractivity contribution is -0.144. The van der Waals surface area contributed by atoms with Crippen LogP contribution in [-0.2, 0) is 16.0 Å². The summed E-state index contributed by atoms with van der Waals surface area (Å²) in [6, 6.07) is 7.91. The molecule has 5 N–H and O–H groups in total. The molecule has 7 heteroatoms. The van der Waals surface area contributed by atoms with Gasteiger partial charge in [-0.3, -0.25) is 9.59 Å². The van der Waals surface area contributed by atoms with Crippen LogP contribution in [0.1, 0.15) is 5.56 Å². The van der Waals surface area contributed by atoms with E-state index in [2.05, 4.69) is 0 Å². The molecule has 1 aromatic carbocycles. The molecule has 1 aliphatic rings. The highest BCUT2D eigenvalue weighted by atomic mass is 16.3. The van der Waals surface area contributed by atoms with E-state index >= 15 is 0 Å². The van der Waals surface area contributed by atoms with Gasteiger partial charge in [-0.05, 0) is 12.0 Å². The number of hydrogen-bond acceptors (Lipinski definition) is 5. The molecule has 0 aliphatic carbocycles. The summed E-state index contributed by atoms with van der Waals surface area (Å²) in [6.07, 6.45) is -2.38. The summed E-state index contributed by atoms with van der Waals surface area (Å²) in [5, 5.41) is 29.2. The van der Waals surface area contributed by atoms with E-state index in [0.29, 0.717) is 6.42 Å². The number of hydrogen-bond donors (Lipinski definition) is 4. The fourth-order valence-electron chi connectivity index (χ4n) is 2.50. The normalized spacial score (nSPS) is 26.0. The summed E-state index contributed by atoms with van der Waals surface area (Å²) >= 11 is 0. The van der Waals surface area contributed by atoms with E-state index in [1.54, 1.807) is 0 Å². The zero-order valence-corrected chi connectivity index (χ0v) is 11.9. The van der Waals surface area contributed by atoms with Gasteiger partial charge in [0.15, 0.2) is 0 Å². The second kappa shape index (κ2) is 6.87. The Hall–Kier alpha value is -1.96. The molecule has 1 aromatic rings. The van der Waals surface area contributed by atoms with Gasteiger partial charge in [-0.1, -0.05) is 30.3 Å². The van der Waals surface area contributed by atoms with Crippen molar-refractivity contribution in [3.63, 3.8) is 0 Å². The number of amides is 2. The minimum Gasteiger partial charge on any atom is -0.388 e. The third-order valence-corrected chi connectivity index (χ3v) is 3.68. The first-order valence-electron chi connectivity index (χ1n) is 6.93. The predicted octanol–water partition coefficient (Wildman–Crippen LogP) is -1.79. The maximum absolute atomic E-state index is 12.2. The Kier molecular flexibility index (Phi) is 5.12. The van der Waals surface area contributed by atoms with Crippen molar-refractivity contribution in [2.45, 2.75) is 30.8 Å². The van der Waals surface area contributed by atoms with E-state index in [1.807, 2.05) is 30.3 Å². The number of β-amino-alcohol motifs (C(OH)–C–C–N with tert-alkyl or cyclic N) is 1. The lowest BCUT2D eigenvalue weighted by atomic mass is 10.1. The zero-order chi connectivity index (χ0) is 16.3. The number of nitrogens with zero attached hydrogens (tertiary/aromatic N) is 1. The Morgan fingerprint density at radius 2 is 1.95 bits per heavy atom. The van der Waals surface area contributed by atoms with Crippen LogP contribution in [0, 0.1) is 6.42 Å². The summed E-state index contributed by atoms with van der Waals surface area (Å²) in [5.41, 5.74) is 6.07. The summed E-state index contributed by atoms with van der Waals surface area (Å²) in [6.45, 7) is -0.246. The SMILES string of the molecule is NC(=O)C1[C@H](O)[C@@H](O)CN1C(=O)[C@H](O)[CH]Cc1ccccc1. The summed E-state index contributed by atoms with van der Waals surface area (Å²) < 4.78 is 0. The van der Waals surface area contributed by atoms with Gasteiger partial charge in [-0.15, -0.1) is 0 Å². The zero-order valence-electron chi connectivity index (χ0n) is 11.9. The highest BCUT2D eigenvalue weighted by molar-refractivity contribution is 5.90. The molecule has 2 amide bonds. The number of carbonyl (C=O) groups excluding carboxylic acids is 2. The van der Waals surface area contributed by atoms with Gasteiger partial charge in [0.2, 0.25) is 5.91 Å². The van der Waals surface area contributed by atoms with Crippen LogP contribution in [0.15, 0.2) is 30.3 Å². The second-order valence-corrected chi connectivity index (χ2v) is 5.27. The van der Waals surface area contributed by atoms with Crippen molar-refractivity contribution in [2.75, 3.05) is 6.54 Å². The minimum atomic E-state index is -1.44. The van der Waals surface area contributed by atoms with E-state index in [0.717, 1.165) is 10.5 Å². The highest BCUT2D eigenvalue weighted by Gasteiger charge is 2.46. The fraction of sp³-hybridized carbons (Fsp3) is 0.400. The molecular formula is C15H19N2O5. The molecule has 22 heavy (non-hydrogen) atoms. The molecule has 119 valence electrons. The molecule has 0 saturated carbocycles. The summed E-state index contributed by atoms with van der Waals surface area (Å²) in [5.74, 6) is -1.69. The van der Waals surface area contributed by atoms with Crippen LogP contribution in [0.2, 0.25) is 0 Å². The van der Waals surface area contributed by atoms with Gasteiger partial charge in [0.05, 0.1) is 12.6 Å². The minimum absolute atomic E-state index is 0.246. The molecule has 1 heterocycles. The van der Waals surface area contributed by atoms with Crippen LogP contribution in [-0.4, -0.2) is 62.9 Å². The predicted molar refractivity (Wildman–Crippen MR) is 77.2 cm³/mol. The molecule has 4 atom stereocenters. The van der Waals surface area contributed by atoms with Crippen LogP contribution < -0.4 is 5.73 Å². The molecule has 1 fully saturated rings. The van der Waals surface area contributed by atoms with E-state index in [1.165, 1.54) is 6.42 Å². The maximum atomic E-state index is 12.2. The van der Waals surface area contributed by atoms with Crippen LogP contribution in [0.5, 0.6) is 0 Å². The molecule has 1 aliphatic heterocycles. The van der Waals surface area contributed by atoms with Gasteiger partial charge in [0.25, 0.3) is 5.91 Å². The Morgan fingerprint density at radius 1 is 1.32 bits per heavy atom. The Morgan fingerprint density at radius 3 is 2.55 bits per heavy atom. The number of benzene rings is 1. The standard InChI is InChI=1S/C15H19N2O5/c16-14(21)12-13(20)11(19)8-17(12)15(22)10(18)7-6-9-4-2-1-3-5-9/h1-5,7,10-13,18-20H,6,8H2,(H2,16,21)/t10-,11+,12?,13-/m1/s1. The number of aliphatic hydroxyl groups is 3. The first-order valence-corrected chi connectivity index (χ1v) is 6.93. The molecule has 1 saturated heterocycles. The van der Waals surface area contributed by atoms with Gasteiger partial charge in [0.1, 0.15) is 18.2 Å². The molecular weight excluding hydrogens is 288 g/mol. The summed E-state index contributed by atoms with van der Waals surface area (Å²) in [7, 11) is 0. The van der Waals surface area contributed by atoms with E-state index in [-0.39, 0.29) is 6.54 Å². The Bertz CT molecular complexity index is 536. The number of primary amides is 1. The number of carbonyl (C=O) groups is 2. The highest BCUT2D eigenvalue weighted by Crippen LogP contribution is 2.20. The van der Waals surface area contributed by atoms with Crippen molar-refractivity contribution in [1.29, 1.82) is 0 Å². The molecule has 0 aromatic heterocycles. The van der Waals surface area contributed by atoms with Crippen LogP contribution >= 0.6 is 0 Å². The van der Waals surface area contributed by atoms with Gasteiger partial charge >= 0.3 is 0 Å². The lowest BCUT2D eigenvalue weighted by Gasteiger charge is -2.25. The first kappa shape index (κ1) is 16.4. The monoisotopic (exact) mass is 307 g/mol. The average molecular weight is 307 g/mol. The van der Waals surface area contributed by atoms with Crippen molar-refractivity contribution < 1.29 is 24.9 Å². The van der Waals surface area contributed by atoms with E-state index in [9.17, 15) is 24.9 Å². The maximum Gasteiger partial charge on any atom is 0.252 e. The molecule has 1 unspecified atom stereocenters. The quantitative estimate of drug-likeness (QED) is 0.511.